The first-order valence-corrected chi connectivity index (χ1v) is 5.03. The number of allylic oxidation sites excluding steroid dienone is 2. The molecule has 0 radical (unpaired) electrons. The molecular formula is C12H17N3. The van der Waals surface area contributed by atoms with Crippen LogP contribution >= 0.6 is 0 Å². The lowest BCUT2D eigenvalue weighted by Gasteiger charge is -1.99. The Kier molecular flexibility index (Phi) is 4.03. The maximum absolute atomic E-state index is 4.23. The van der Waals surface area contributed by atoms with Crippen molar-refractivity contribution in [3.63, 3.8) is 0 Å². The Balaban J connectivity index is 2.74. The van der Waals surface area contributed by atoms with Crippen molar-refractivity contribution in [1.29, 1.82) is 0 Å². The fraction of sp³-hybridized carbons (Fsp3) is 0.333. The molecule has 1 rings (SSSR count). The quantitative estimate of drug-likeness (QED) is 0.546. The van der Waals surface area contributed by atoms with Crippen molar-refractivity contribution in [2.75, 3.05) is 0 Å². The van der Waals surface area contributed by atoms with Crippen LogP contribution in [0.1, 0.15) is 32.3 Å². The Morgan fingerprint density at radius 2 is 2.33 bits per heavy atom. The van der Waals surface area contributed by atoms with Crippen LogP contribution in [0.5, 0.6) is 0 Å². The molecule has 0 amide bonds. The van der Waals surface area contributed by atoms with Crippen molar-refractivity contribution in [3.8, 4) is 0 Å². The first-order chi connectivity index (χ1) is 7.15. The third kappa shape index (κ3) is 3.20. The summed E-state index contributed by atoms with van der Waals surface area (Å²) in [5.41, 5.74) is 2.02. The molecule has 1 heterocycles. The molecule has 0 spiro atoms. The molecule has 3 heteroatoms. The molecule has 0 aliphatic carbocycles. The van der Waals surface area contributed by atoms with Gasteiger partial charge in [-0.3, -0.25) is 4.99 Å². The predicted molar refractivity (Wildman–Crippen MR) is 65.0 cm³/mol. The maximum atomic E-state index is 4.23. The molecule has 1 aromatic heterocycles. The van der Waals surface area contributed by atoms with Crippen molar-refractivity contribution >= 4 is 11.9 Å². The second-order valence-corrected chi connectivity index (χ2v) is 3.59. The third-order valence-corrected chi connectivity index (χ3v) is 2.07. The van der Waals surface area contributed by atoms with Crippen LogP contribution in [0.25, 0.3) is 5.70 Å². The highest BCUT2D eigenvalue weighted by Crippen LogP contribution is 2.14. The van der Waals surface area contributed by atoms with Gasteiger partial charge in [-0.1, -0.05) is 20.4 Å². The van der Waals surface area contributed by atoms with Crippen LogP contribution in [0.2, 0.25) is 0 Å². The van der Waals surface area contributed by atoms with Gasteiger partial charge in [-0.05, 0) is 24.5 Å². The van der Waals surface area contributed by atoms with Crippen LogP contribution < -0.4 is 0 Å². The summed E-state index contributed by atoms with van der Waals surface area (Å²) in [7, 11) is 0. The molecule has 0 bridgehead atoms. The van der Waals surface area contributed by atoms with E-state index in [2.05, 4.69) is 30.5 Å². The number of aliphatic imine (C=N–C) groups is 1. The fourth-order valence-corrected chi connectivity index (χ4v) is 1.08. The zero-order valence-corrected chi connectivity index (χ0v) is 9.51. The normalized spacial score (nSPS) is 12.0. The molecule has 3 nitrogen and oxygen atoms in total. The van der Waals surface area contributed by atoms with Gasteiger partial charge in [0.15, 0.2) is 0 Å². The zero-order valence-electron chi connectivity index (χ0n) is 9.51. The van der Waals surface area contributed by atoms with Gasteiger partial charge in [-0.25, -0.2) is 4.68 Å². The van der Waals surface area contributed by atoms with Crippen LogP contribution in [0.15, 0.2) is 36.2 Å². The van der Waals surface area contributed by atoms with Crippen LogP contribution in [0.4, 0.5) is 0 Å². The molecule has 15 heavy (non-hydrogen) atoms. The Hall–Kier alpha value is -1.64. The maximum Gasteiger partial charge on any atom is 0.0589 e. The highest BCUT2D eigenvalue weighted by atomic mass is 15.3. The van der Waals surface area contributed by atoms with Gasteiger partial charge in [0, 0.05) is 18.6 Å². The molecule has 0 atom stereocenters. The Morgan fingerprint density at radius 3 is 2.87 bits per heavy atom. The minimum atomic E-state index is 0.490. The van der Waals surface area contributed by atoms with Gasteiger partial charge < -0.3 is 0 Å². The summed E-state index contributed by atoms with van der Waals surface area (Å²) in [6, 6.07) is 0. The molecule has 0 aliphatic heterocycles. The van der Waals surface area contributed by atoms with Gasteiger partial charge in [0.25, 0.3) is 0 Å². The molecule has 0 N–H and O–H groups in total. The van der Waals surface area contributed by atoms with Crippen molar-refractivity contribution in [1.82, 2.24) is 9.78 Å². The van der Waals surface area contributed by atoms with E-state index in [1.807, 2.05) is 25.4 Å². The Morgan fingerprint density at radius 1 is 1.60 bits per heavy atom. The highest BCUT2D eigenvalue weighted by Gasteiger charge is 2.02. The summed E-state index contributed by atoms with van der Waals surface area (Å²) in [6.45, 7) is 10.1. The summed E-state index contributed by atoms with van der Waals surface area (Å²) in [4.78, 5) is 3.97. The largest absolute Gasteiger partial charge is 0.269 e. The van der Waals surface area contributed by atoms with Gasteiger partial charge in [0.05, 0.1) is 11.9 Å². The summed E-state index contributed by atoms with van der Waals surface area (Å²) in [5.74, 6) is 0.490. The molecule has 80 valence electrons. The van der Waals surface area contributed by atoms with Gasteiger partial charge in [-0.2, -0.15) is 5.10 Å². The first kappa shape index (κ1) is 11.4. The van der Waals surface area contributed by atoms with E-state index in [1.165, 1.54) is 5.56 Å². The molecule has 0 unspecified atom stereocenters. The van der Waals surface area contributed by atoms with E-state index >= 15 is 0 Å². The first-order valence-electron chi connectivity index (χ1n) is 5.03. The van der Waals surface area contributed by atoms with Crippen LogP contribution in [-0.4, -0.2) is 16.0 Å². The molecule has 0 fully saturated rings. The van der Waals surface area contributed by atoms with Crippen LogP contribution in [0.3, 0.4) is 0 Å². The average Bonchev–Trinajstić information content (AvgIpc) is 2.66. The molecule has 0 aliphatic rings. The number of rotatable bonds is 4. The molecule has 1 aromatic rings. The van der Waals surface area contributed by atoms with Crippen LogP contribution in [0, 0.1) is 0 Å². The number of hydrogen-bond acceptors (Lipinski definition) is 2. The third-order valence-electron chi connectivity index (χ3n) is 2.07. The van der Waals surface area contributed by atoms with E-state index in [-0.39, 0.29) is 0 Å². The highest BCUT2D eigenvalue weighted by molar-refractivity contribution is 5.57. The minimum absolute atomic E-state index is 0.490. The van der Waals surface area contributed by atoms with Gasteiger partial charge >= 0.3 is 0 Å². The Labute approximate surface area is 90.8 Å². The van der Waals surface area contributed by atoms with Crippen molar-refractivity contribution in [2.45, 2.75) is 26.7 Å². The fourth-order valence-electron chi connectivity index (χ4n) is 1.08. The van der Waals surface area contributed by atoms with Crippen molar-refractivity contribution in [3.05, 3.63) is 36.8 Å². The Bertz CT molecular complexity index is 383. The topological polar surface area (TPSA) is 30.2 Å². The lowest BCUT2D eigenvalue weighted by Crippen LogP contribution is -1.92. The van der Waals surface area contributed by atoms with E-state index in [9.17, 15) is 0 Å². The summed E-state index contributed by atoms with van der Waals surface area (Å²) in [5, 5.41) is 4.23. The SMILES string of the molecule is C=C(/C=C\N=C/C)n1cc(C(C)C)cn1. The van der Waals surface area contributed by atoms with E-state index < -0.39 is 0 Å². The molecule has 0 aromatic carbocycles. The summed E-state index contributed by atoms with van der Waals surface area (Å²) < 4.78 is 1.76. The zero-order chi connectivity index (χ0) is 11.3. The molecule has 0 saturated heterocycles. The van der Waals surface area contributed by atoms with E-state index in [1.54, 1.807) is 17.1 Å². The van der Waals surface area contributed by atoms with E-state index in [0.29, 0.717) is 5.92 Å². The average molecular weight is 203 g/mol. The predicted octanol–water partition coefficient (Wildman–Crippen LogP) is 3.08. The number of aromatic nitrogens is 2. The monoisotopic (exact) mass is 203 g/mol. The lowest BCUT2D eigenvalue weighted by molar-refractivity contribution is 0.864. The van der Waals surface area contributed by atoms with Gasteiger partial charge in [-0.15, -0.1) is 0 Å². The summed E-state index contributed by atoms with van der Waals surface area (Å²) >= 11 is 0. The van der Waals surface area contributed by atoms with Crippen molar-refractivity contribution < 1.29 is 0 Å². The number of hydrogen-bond donors (Lipinski definition) is 0. The van der Waals surface area contributed by atoms with Gasteiger partial charge in [0.2, 0.25) is 0 Å². The minimum Gasteiger partial charge on any atom is -0.269 e. The molecule has 0 saturated carbocycles. The second-order valence-electron chi connectivity index (χ2n) is 3.59. The summed E-state index contributed by atoms with van der Waals surface area (Å²) in [6.07, 6.45) is 9.13. The van der Waals surface area contributed by atoms with Crippen LogP contribution in [-0.2, 0) is 0 Å². The standard InChI is InChI=1S/C12H17N3/c1-5-13-7-6-11(4)15-9-12(8-14-15)10(2)3/h5-10H,4H2,1-3H3/b7-6-,13-5-. The second kappa shape index (κ2) is 5.29. The smallest absolute Gasteiger partial charge is 0.0589 e. The number of nitrogens with zero attached hydrogens (tertiary/aromatic N) is 3. The van der Waals surface area contributed by atoms with Gasteiger partial charge in [0.1, 0.15) is 0 Å². The van der Waals surface area contributed by atoms with E-state index in [4.69, 9.17) is 0 Å². The molecular weight excluding hydrogens is 186 g/mol. The lowest BCUT2D eigenvalue weighted by atomic mass is 10.1. The van der Waals surface area contributed by atoms with E-state index in [0.717, 1.165) is 5.70 Å². The van der Waals surface area contributed by atoms with Crippen molar-refractivity contribution in [2.24, 2.45) is 4.99 Å².